The van der Waals surface area contributed by atoms with Gasteiger partial charge in [0.2, 0.25) is 5.91 Å². The van der Waals surface area contributed by atoms with Gasteiger partial charge < -0.3 is 20.5 Å². The van der Waals surface area contributed by atoms with E-state index >= 15 is 0 Å². The number of carbonyl (C=O) groups is 2. The van der Waals surface area contributed by atoms with Gasteiger partial charge >= 0.3 is 5.97 Å². The third kappa shape index (κ3) is 4.82. The molecule has 6 nitrogen and oxygen atoms in total. The maximum absolute atomic E-state index is 11.0. The maximum Gasteiger partial charge on any atom is 0.328 e. The minimum absolute atomic E-state index is 0.0854. The molecule has 0 radical (unpaired) electrons. The van der Waals surface area contributed by atoms with E-state index in [4.69, 9.17) is 9.84 Å². The van der Waals surface area contributed by atoms with Gasteiger partial charge in [0.15, 0.2) is 0 Å². The Hall–Kier alpha value is -1.60. The first-order valence-electron chi connectivity index (χ1n) is 5.95. The molecule has 110 valence electrons. The van der Waals surface area contributed by atoms with Crippen LogP contribution in [0.2, 0.25) is 0 Å². The second-order valence-electron chi connectivity index (χ2n) is 4.17. The van der Waals surface area contributed by atoms with E-state index in [1.54, 1.807) is 7.11 Å². The molecule has 1 amide bonds. The molecule has 0 spiro atoms. The number of halogens is 1. The summed E-state index contributed by atoms with van der Waals surface area (Å²) in [5.74, 6) is -1.47. The highest BCUT2D eigenvalue weighted by Gasteiger charge is 2.18. The van der Waals surface area contributed by atoms with Gasteiger partial charge in [0, 0.05) is 36.3 Å². The second-order valence-corrected chi connectivity index (χ2v) is 5.03. The Balaban J connectivity index is 2.79. The zero-order chi connectivity index (χ0) is 15.1. The molecule has 0 aliphatic carbocycles. The number of anilines is 1. The standard InChI is InChI=1S/C13H17BrN2O4/c1-8(17)16-12(13(18)19)6-15-11-5-3-4-10(14)9(11)7-20-2/h3-5,12,15H,6-7H2,1-2H3,(H,16,17)(H,18,19). The number of carboxylic acids is 1. The van der Waals surface area contributed by atoms with E-state index in [9.17, 15) is 9.59 Å². The molecule has 1 atom stereocenters. The molecule has 0 bridgehead atoms. The molecule has 7 heteroatoms. The Morgan fingerprint density at radius 3 is 2.70 bits per heavy atom. The Morgan fingerprint density at radius 2 is 2.15 bits per heavy atom. The lowest BCUT2D eigenvalue weighted by molar-refractivity contribution is -0.141. The van der Waals surface area contributed by atoms with Gasteiger partial charge in [-0.15, -0.1) is 0 Å². The smallest absolute Gasteiger partial charge is 0.328 e. The summed E-state index contributed by atoms with van der Waals surface area (Å²) in [4.78, 5) is 22.0. The maximum atomic E-state index is 11.0. The van der Waals surface area contributed by atoms with Crippen molar-refractivity contribution in [3.63, 3.8) is 0 Å². The normalized spacial score (nSPS) is 11.8. The lowest BCUT2D eigenvalue weighted by Gasteiger charge is -2.17. The molecule has 20 heavy (non-hydrogen) atoms. The summed E-state index contributed by atoms with van der Waals surface area (Å²) >= 11 is 3.42. The van der Waals surface area contributed by atoms with Crippen LogP contribution in [0.25, 0.3) is 0 Å². The quantitative estimate of drug-likeness (QED) is 0.699. The molecule has 1 rings (SSSR count). The lowest BCUT2D eigenvalue weighted by atomic mass is 10.1. The average molecular weight is 345 g/mol. The molecule has 1 aromatic rings. The Kier molecular flexibility index (Phi) is 6.47. The summed E-state index contributed by atoms with van der Waals surface area (Å²) < 4.78 is 5.98. The number of ether oxygens (including phenoxy) is 1. The van der Waals surface area contributed by atoms with Crippen LogP contribution in [-0.4, -0.2) is 36.7 Å². The molecule has 1 aromatic carbocycles. The first-order valence-corrected chi connectivity index (χ1v) is 6.75. The predicted molar refractivity (Wildman–Crippen MR) is 78.6 cm³/mol. The van der Waals surface area contributed by atoms with E-state index < -0.39 is 12.0 Å². The number of nitrogens with one attached hydrogen (secondary N) is 2. The van der Waals surface area contributed by atoms with Gasteiger partial charge in [0.05, 0.1) is 6.61 Å². The molecule has 0 aliphatic rings. The molecule has 0 saturated carbocycles. The largest absolute Gasteiger partial charge is 0.480 e. The molecule has 0 heterocycles. The van der Waals surface area contributed by atoms with Crippen LogP contribution in [0, 0.1) is 0 Å². The minimum atomic E-state index is -1.09. The van der Waals surface area contributed by atoms with Crippen molar-refractivity contribution in [3.05, 3.63) is 28.2 Å². The fraction of sp³-hybridized carbons (Fsp3) is 0.385. The summed E-state index contributed by atoms with van der Waals surface area (Å²) in [5.41, 5.74) is 1.65. The van der Waals surface area contributed by atoms with Crippen LogP contribution in [-0.2, 0) is 20.9 Å². The topological polar surface area (TPSA) is 87.7 Å². The highest BCUT2D eigenvalue weighted by atomic mass is 79.9. The molecule has 0 saturated heterocycles. The van der Waals surface area contributed by atoms with Crippen LogP contribution < -0.4 is 10.6 Å². The van der Waals surface area contributed by atoms with Crippen LogP contribution in [0.4, 0.5) is 5.69 Å². The Bertz CT molecular complexity index is 493. The van der Waals surface area contributed by atoms with Gasteiger partial charge in [0.1, 0.15) is 6.04 Å². The molecule has 1 unspecified atom stereocenters. The highest BCUT2D eigenvalue weighted by molar-refractivity contribution is 9.10. The van der Waals surface area contributed by atoms with E-state index in [-0.39, 0.29) is 12.5 Å². The van der Waals surface area contributed by atoms with E-state index in [1.807, 2.05) is 18.2 Å². The van der Waals surface area contributed by atoms with Crippen LogP contribution in [0.3, 0.4) is 0 Å². The number of rotatable bonds is 7. The van der Waals surface area contributed by atoms with E-state index in [1.165, 1.54) is 6.92 Å². The van der Waals surface area contributed by atoms with Crippen LogP contribution in [0.5, 0.6) is 0 Å². The average Bonchev–Trinajstić information content (AvgIpc) is 2.37. The number of hydrogen-bond donors (Lipinski definition) is 3. The van der Waals surface area contributed by atoms with E-state index in [2.05, 4.69) is 26.6 Å². The number of carbonyl (C=O) groups excluding carboxylic acids is 1. The third-order valence-electron chi connectivity index (χ3n) is 2.58. The number of carboxylic acid groups (broad SMARTS) is 1. The SMILES string of the molecule is COCc1c(Br)cccc1NCC(NC(C)=O)C(=O)O. The van der Waals surface area contributed by atoms with Gasteiger partial charge in [-0.1, -0.05) is 22.0 Å². The summed E-state index contributed by atoms with van der Waals surface area (Å²) in [7, 11) is 1.58. The van der Waals surface area contributed by atoms with Crippen molar-refractivity contribution >= 4 is 33.5 Å². The van der Waals surface area contributed by atoms with Gasteiger partial charge in [-0.25, -0.2) is 4.79 Å². The summed E-state index contributed by atoms with van der Waals surface area (Å²) in [6.07, 6.45) is 0. The molecular formula is C13H17BrN2O4. The number of methoxy groups -OCH3 is 1. The van der Waals surface area contributed by atoms with Crippen LogP contribution >= 0.6 is 15.9 Å². The van der Waals surface area contributed by atoms with Crippen molar-refractivity contribution in [1.82, 2.24) is 5.32 Å². The first-order chi connectivity index (χ1) is 9.45. The zero-order valence-electron chi connectivity index (χ0n) is 11.3. The van der Waals surface area contributed by atoms with Crippen molar-refractivity contribution in [1.29, 1.82) is 0 Å². The Labute approximate surface area is 125 Å². The van der Waals surface area contributed by atoms with E-state index in [0.717, 1.165) is 15.7 Å². The second kappa shape index (κ2) is 7.86. The van der Waals surface area contributed by atoms with Gasteiger partial charge in [-0.05, 0) is 12.1 Å². The van der Waals surface area contributed by atoms with Crippen molar-refractivity contribution in [2.45, 2.75) is 19.6 Å². The number of aliphatic carboxylic acids is 1. The zero-order valence-corrected chi connectivity index (χ0v) is 12.9. The number of hydrogen-bond acceptors (Lipinski definition) is 4. The molecule has 3 N–H and O–H groups in total. The van der Waals surface area contributed by atoms with Crippen molar-refractivity contribution < 1.29 is 19.4 Å². The molecule has 0 aliphatic heterocycles. The fourth-order valence-corrected chi connectivity index (χ4v) is 2.15. The highest BCUT2D eigenvalue weighted by Crippen LogP contribution is 2.25. The molecular weight excluding hydrogens is 328 g/mol. The first kappa shape index (κ1) is 16.5. The molecule has 0 aromatic heterocycles. The van der Waals surface area contributed by atoms with Gasteiger partial charge in [-0.3, -0.25) is 4.79 Å². The van der Waals surface area contributed by atoms with Crippen molar-refractivity contribution in [2.75, 3.05) is 19.0 Å². The fourth-order valence-electron chi connectivity index (χ4n) is 1.67. The van der Waals surface area contributed by atoms with Crippen LogP contribution in [0.15, 0.2) is 22.7 Å². The number of benzene rings is 1. The van der Waals surface area contributed by atoms with Crippen molar-refractivity contribution in [2.24, 2.45) is 0 Å². The Morgan fingerprint density at radius 1 is 1.45 bits per heavy atom. The van der Waals surface area contributed by atoms with Gasteiger partial charge in [0.25, 0.3) is 0 Å². The van der Waals surface area contributed by atoms with Crippen molar-refractivity contribution in [3.8, 4) is 0 Å². The van der Waals surface area contributed by atoms with Crippen LogP contribution in [0.1, 0.15) is 12.5 Å². The molecule has 0 fully saturated rings. The minimum Gasteiger partial charge on any atom is -0.480 e. The summed E-state index contributed by atoms with van der Waals surface area (Å²) in [5, 5.41) is 14.4. The summed E-state index contributed by atoms with van der Waals surface area (Å²) in [6, 6.07) is 4.55. The lowest BCUT2D eigenvalue weighted by Crippen LogP contribution is -2.44. The third-order valence-corrected chi connectivity index (χ3v) is 3.32. The predicted octanol–water partition coefficient (Wildman–Crippen LogP) is 1.60. The summed E-state index contributed by atoms with van der Waals surface area (Å²) in [6.45, 7) is 1.76. The van der Waals surface area contributed by atoms with Gasteiger partial charge in [-0.2, -0.15) is 0 Å². The monoisotopic (exact) mass is 344 g/mol. The van der Waals surface area contributed by atoms with E-state index in [0.29, 0.717) is 6.61 Å². The number of amides is 1.